The summed E-state index contributed by atoms with van der Waals surface area (Å²) in [5, 5.41) is 4.82. The molecule has 1 unspecified atom stereocenters. The molecule has 1 aromatic rings. The van der Waals surface area contributed by atoms with Crippen LogP contribution >= 0.6 is 11.6 Å². The maximum atomic E-state index is 14.2. The summed E-state index contributed by atoms with van der Waals surface area (Å²) in [6.45, 7) is 6.27. The summed E-state index contributed by atoms with van der Waals surface area (Å²) in [4.78, 5) is 0. The Bertz CT molecular complexity index is 358. The number of hydrogen-bond donors (Lipinski definition) is 1. The zero-order valence-electron chi connectivity index (χ0n) is 10.1. The van der Waals surface area contributed by atoms with E-state index in [1.54, 1.807) is 11.6 Å². The van der Waals surface area contributed by atoms with E-state index in [0.717, 1.165) is 11.4 Å². The van der Waals surface area contributed by atoms with Crippen molar-refractivity contribution < 1.29 is 4.39 Å². The highest BCUT2D eigenvalue weighted by Gasteiger charge is 2.29. The van der Waals surface area contributed by atoms with Crippen LogP contribution < -0.4 is 5.73 Å². The lowest BCUT2D eigenvalue weighted by Gasteiger charge is -2.22. The van der Waals surface area contributed by atoms with Crippen LogP contribution in [0.2, 0.25) is 5.02 Å². The van der Waals surface area contributed by atoms with Gasteiger partial charge in [-0.2, -0.15) is 5.10 Å². The predicted molar refractivity (Wildman–Crippen MR) is 64.5 cm³/mol. The first-order valence-electron chi connectivity index (χ1n) is 5.58. The Labute approximate surface area is 101 Å². The third-order valence-corrected chi connectivity index (χ3v) is 3.43. The highest BCUT2D eigenvalue weighted by Crippen LogP contribution is 2.27. The molecule has 0 aliphatic carbocycles. The molecule has 0 bridgehead atoms. The summed E-state index contributed by atoms with van der Waals surface area (Å²) in [5.41, 5.74) is 5.57. The van der Waals surface area contributed by atoms with Gasteiger partial charge >= 0.3 is 0 Å². The second-order valence-corrected chi connectivity index (χ2v) is 4.43. The third kappa shape index (κ3) is 2.55. The van der Waals surface area contributed by atoms with Crippen LogP contribution in [0.3, 0.4) is 0 Å². The average Bonchev–Trinajstić information content (AvgIpc) is 2.56. The Hall–Kier alpha value is -0.610. The molecule has 1 atom stereocenters. The molecule has 92 valence electrons. The van der Waals surface area contributed by atoms with Crippen LogP contribution in [0.15, 0.2) is 0 Å². The van der Waals surface area contributed by atoms with Gasteiger partial charge in [0.05, 0.1) is 16.4 Å². The van der Waals surface area contributed by atoms with Crippen LogP contribution in [0.25, 0.3) is 0 Å². The van der Waals surface area contributed by atoms with Crippen LogP contribution in [-0.2, 0) is 13.0 Å². The normalized spacial score (nSPS) is 15.1. The topological polar surface area (TPSA) is 43.8 Å². The van der Waals surface area contributed by atoms with Gasteiger partial charge in [-0.3, -0.25) is 4.68 Å². The Morgan fingerprint density at radius 1 is 1.50 bits per heavy atom. The maximum Gasteiger partial charge on any atom is 0.128 e. The van der Waals surface area contributed by atoms with Crippen molar-refractivity contribution in [3.63, 3.8) is 0 Å². The summed E-state index contributed by atoms with van der Waals surface area (Å²) >= 11 is 6.12. The standard InChI is InChI=1S/C11H19ClFN3/c1-4-11(13,7-14)6-9-10(12)8(3)15-16(9)5-2/h4-7,14H2,1-3H3. The Morgan fingerprint density at radius 3 is 2.56 bits per heavy atom. The number of aryl methyl sites for hydroxylation is 2. The van der Waals surface area contributed by atoms with Crippen molar-refractivity contribution in [3.8, 4) is 0 Å². The second kappa shape index (κ2) is 5.15. The van der Waals surface area contributed by atoms with Gasteiger partial charge in [-0.15, -0.1) is 0 Å². The van der Waals surface area contributed by atoms with Crippen LogP contribution in [0, 0.1) is 6.92 Å². The molecule has 0 aliphatic rings. The number of aromatic nitrogens is 2. The van der Waals surface area contributed by atoms with Gasteiger partial charge in [0.15, 0.2) is 0 Å². The van der Waals surface area contributed by atoms with Crippen molar-refractivity contribution in [2.45, 2.75) is 45.8 Å². The van der Waals surface area contributed by atoms with E-state index in [-0.39, 0.29) is 13.0 Å². The summed E-state index contributed by atoms with van der Waals surface area (Å²) in [5.74, 6) is 0. The second-order valence-electron chi connectivity index (χ2n) is 4.05. The van der Waals surface area contributed by atoms with E-state index in [9.17, 15) is 4.39 Å². The van der Waals surface area contributed by atoms with E-state index in [4.69, 9.17) is 17.3 Å². The zero-order chi connectivity index (χ0) is 12.3. The van der Waals surface area contributed by atoms with Gasteiger partial charge in [0.25, 0.3) is 0 Å². The lowest BCUT2D eigenvalue weighted by atomic mass is 9.96. The number of nitrogens with two attached hydrogens (primary N) is 1. The number of rotatable bonds is 5. The van der Waals surface area contributed by atoms with Gasteiger partial charge in [-0.1, -0.05) is 18.5 Å². The van der Waals surface area contributed by atoms with Crippen LogP contribution in [0.1, 0.15) is 31.7 Å². The fourth-order valence-corrected chi connectivity index (χ4v) is 1.88. The molecular weight excluding hydrogens is 229 g/mol. The van der Waals surface area contributed by atoms with Crippen molar-refractivity contribution in [1.82, 2.24) is 9.78 Å². The summed E-state index contributed by atoms with van der Waals surface area (Å²) in [6, 6.07) is 0. The van der Waals surface area contributed by atoms with Gasteiger partial charge < -0.3 is 5.73 Å². The fourth-order valence-electron chi connectivity index (χ4n) is 1.68. The maximum absolute atomic E-state index is 14.2. The molecule has 2 N–H and O–H groups in total. The average molecular weight is 248 g/mol. The first-order chi connectivity index (χ1) is 7.47. The van der Waals surface area contributed by atoms with E-state index in [2.05, 4.69) is 5.10 Å². The quantitative estimate of drug-likeness (QED) is 0.869. The van der Waals surface area contributed by atoms with Gasteiger partial charge in [-0.05, 0) is 20.3 Å². The molecule has 1 heterocycles. The first kappa shape index (κ1) is 13.5. The minimum absolute atomic E-state index is 0.00771. The largest absolute Gasteiger partial charge is 0.328 e. The first-order valence-corrected chi connectivity index (χ1v) is 5.96. The Morgan fingerprint density at radius 2 is 2.12 bits per heavy atom. The van der Waals surface area contributed by atoms with Crippen molar-refractivity contribution in [2.24, 2.45) is 5.73 Å². The van der Waals surface area contributed by atoms with Gasteiger partial charge in [0, 0.05) is 19.5 Å². The smallest absolute Gasteiger partial charge is 0.128 e. The Balaban J connectivity index is 3.04. The van der Waals surface area contributed by atoms with E-state index >= 15 is 0 Å². The van der Waals surface area contributed by atoms with Crippen LogP contribution in [0.5, 0.6) is 0 Å². The molecule has 1 rings (SSSR count). The van der Waals surface area contributed by atoms with E-state index in [1.165, 1.54) is 0 Å². The van der Waals surface area contributed by atoms with Crippen molar-refractivity contribution in [3.05, 3.63) is 16.4 Å². The van der Waals surface area contributed by atoms with Gasteiger partial charge in [0.1, 0.15) is 5.67 Å². The molecule has 3 nitrogen and oxygen atoms in total. The highest BCUT2D eigenvalue weighted by molar-refractivity contribution is 6.31. The lowest BCUT2D eigenvalue weighted by molar-refractivity contribution is 0.163. The minimum Gasteiger partial charge on any atom is -0.328 e. The summed E-state index contributed by atoms with van der Waals surface area (Å²) in [7, 11) is 0. The predicted octanol–water partition coefficient (Wildman–Crippen LogP) is 2.48. The molecule has 0 saturated carbocycles. The Kier molecular flexibility index (Phi) is 4.33. The molecule has 0 saturated heterocycles. The summed E-state index contributed by atoms with van der Waals surface area (Å²) < 4.78 is 16.0. The van der Waals surface area contributed by atoms with Crippen LogP contribution in [-0.4, -0.2) is 22.0 Å². The van der Waals surface area contributed by atoms with Gasteiger partial charge in [0.2, 0.25) is 0 Å². The van der Waals surface area contributed by atoms with E-state index in [0.29, 0.717) is 18.0 Å². The molecule has 0 amide bonds. The monoisotopic (exact) mass is 247 g/mol. The zero-order valence-corrected chi connectivity index (χ0v) is 10.8. The van der Waals surface area contributed by atoms with Crippen molar-refractivity contribution >= 4 is 11.6 Å². The molecule has 0 fully saturated rings. The molecule has 0 radical (unpaired) electrons. The van der Waals surface area contributed by atoms with Crippen molar-refractivity contribution in [2.75, 3.05) is 6.54 Å². The van der Waals surface area contributed by atoms with Crippen molar-refractivity contribution in [1.29, 1.82) is 0 Å². The number of alkyl halides is 1. The minimum atomic E-state index is -1.39. The van der Waals surface area contributed by atoms with Gasteiger partial charge in [-0.25, -0.2) is 4.39 Å². The molecule has 0 aromatic carbocycles. The molecular formula is C11H19ClFN3. The van der Waals surface area contributed by atoms with E-state index in [1.807, 2.05) is 13.8 Å². The number of halogens is 2. The molecule has 16 heavy (non-hydrogen) atoms. The molecule has 0 spiro atoms. The molecule has 5 heteroatoms. The number of hydrogen-bond acceptors (Lipinski definition) is 2. The lowest BCUT2D eigenvalue weighted by Crippen LogP contribution is -2.35. The third-order valence-electron chi connectivity index (χ3n) is 2.94. The highest BCUT2D eigenvalue weighted by atomic mass is 35.5. The van der Waals surface area contributed by atoms with Crippen LogP contribution in [0.4, 0.5) is 4.39 Å². The molecule has 0 aliphatic heterocycles. The SMILES string of the molecule is CCn1nc(C)c(Cl)c1CC(F)(CC)CN. The molecule has 1 aromatic heterocycles. The fraction of sp³-hybridized carbons (Fsp3) is 0.727. The number of nitrogens with zero attached hydrogens (tertiary/aromatic N) is 2. The summed E-state index contributed by atoms with van der Waals surface area (Å²) in [6.07, 6.45) is 0.612. The van der Waals surface area contributed by atoms with E-state index < -0.39 is 5.67 Å².